The van der Waals surface area contributed by atoms with Gasteiger partial charge in [0.05, 0.1) is 11.8 Å². The highest BCUT2D eigenvalue weighted by molar-refractivity contribution is 5.95. The van der Waals surface area contributed by atoms with Crippen LogP contribution < -0.4 is 10.6 Å². The van der Waals surface area contributed by atoms with Gasteiger partial charge in [-0.25, -0.2) is 0 Å². The van der Waals surface area contributed by atoms with Gasteiger partial charge in [0.1, 0.15) is 5.76 Å². The van der Waals surface area contributed by atoms with E-state index in [0.29, 0.717) is 12.1 Å². The van der Waals surface area contributed by atoms with Crippen molar-refractivity contribution in [1.82, 2.24) is 10.6 Å². The Hall–Kier alpha value is -1.29. The van der Waals surface area contributed by atoms with Crippen LogP contribution in [0.1, 0.15) is 36.4 Å². The number of carbonyl (C=O) groups excluding carboxylic acids is 1. The van der Waals surface area contributed by atoms with E-state index in [2.05, 4.69) is 17.6 Å². The molecule has 0 aromatic carbocycles. The number of furan rings is 1. The second kappa shape index (κ2) is 4.92. The molecule has 1 aromatic heterocycles. The molecule has 2 N–H and O–H groups in total. The first-order valence-electron chi connectivity index (χ1n) is 6.20. The fourth-order valence-electron chi connectivity index (χ4n) is 2.23. The maximum Gasteiger partial charge on any atom is 0.254 e. The van der Waals surface area contributed by atoms with Crippen LogP contribution in [0.3, 0.4) is 0 Å². The van der Waals surface area contributed by atoms with Crippen LogP contribution >= 0.6 is 0 Å². The Balaban J connectivity index is 1.93. The van der Waals surface area contributed by atoms with E-state index in [0.717, 1.165) is 31.7 Å². The molecule has 0 radical (unpaired) electrons. The summed E-state index contributed by atoms with van der Waals surface area (Å²) in [7, 11) is 0. The molecule has 1 fully saturated rings. The molecule has 1 atom stereocenters. The molecule has 0 bridgehead atoms. The van der Waals surface area contributed by atoms with Crippen LogP contribution in [0.25, 0.3) is 0 Å². The smallest absolute Gasteiger partial charge is 0.254 e. The first-order valence-corrected chi connectivity index (χ1v) is 6.20. The summed E-state index contributed by atoms with van der Waals surface area (Å²) in [6.07, 6.45) is 3.43. The highest BCUT2D eigenvalue weighted by Crippen LogP contribution is 2.23. The fraction of sp³-hybridized carbons (Fsp3) is 0.615. The van der Waals surface area contributed by atoms with Crippen molar-refractivity contribution in [3.8, 4) is 0 Å². The maximum absolute atomic E-state index is 12.0. The van der Waals surface area contributed by atoms with Gasteiger partial charge in [0, 0.05) is 19.5 Å². The summed E-state index contributed by atoms with van der Waals surface area (Å²) < 4.78 is 5.26. The first kappa shape index (κ1) is 12.2. The standard InChI is InChI=1S/C13H20N2O2/c1-3-11-10(4-7-17-11)12(16)15-9-13(2)5-6-14-8-13/h4,7,14H,3,5-6,8-9H2,1-2H3,(H,15,16). The van der Waals surface area contributed by atoms with Crippen LogP contribution in [0, 0.1) is 5.41 Å². The van der Waals surface area contributed by atoms with Crippen molar-refractivity contribution in [3.05, 3.63) is 23.7 Å². The lowest BCUT2D eigenvalue weighted by atomic mass is 9.90. The van der Waals surface area contributed by atoms with Gasteiger partial charge in [-0.3, -0.25) is 4.79 Å². The van der Waals surface area contributed by atoms with Gasteiger partial charge >= 0.3 is 0 Å². The Morgan fingerprint density at radius 2 is 2.47 bits per heavy atom. The number of amides is 1. The summed E-state index contributed by atoms with van der Waals surface area (Å²) in [5.74, 6) is 0.737. The van der Waals surface area contributed by atoms with E-state index in [-0.39, 0.29) is 11.3 Å². The lowest BCUT2D eigenvalue weighted by Crippen LogP contribution is -2.37. The van der Waals surface area contributed by atoms with Crippen LogP contribution in [-0.4, -0.2) is 25.5 Å². The molecular formula is C13H20N2O2. The van der Waals surface area contributed by atoms with E-state index in [1.807, 2.05) is 6.92 Å². The van der Waals surface area contributed by atoms with E-state index < -0.39 is 0 Å². The van der Waals surface area contributed by atoms with E-state index >= 15 is 0 Å². The van der Waals surface area contributed by atoms with E-state index in [9.17, 15) is 4.79 Å². The SMILES string of the molecule is CCc1occc1C(=O)NCC1(C)CCNC1. The third-order valence-electron chi connectivity index (χ3n) is 3.44. The van der Waals surface area contributed by atoms with Crippen LogP contribution in [-0.2, 0) is 6.42 Å². The number of aryl methyl sites for hydroxylation is 1. The molecule has 17 heavy (non-hydrogen) atoms. The molecule has 1 aliphatic heterocycles. The first-order chi connectivity index (χ1) is 8.14. The van der Waals surface area contributed by atoms with Crippen molar-refractivity contribution in [2.24, 2.45) is 5.41 Å². The highest BCUT2D eigenvalue weighted by Gasteiger charge is 2.29. The van der Waals surface area contributed by atoms with Gasteiger partial charge in [0.15, 0.2) is 0 Å². The molecule has 4 nitrogen and oxygen atoms in total. The van der Waals surface area contributed by atoms with Crippen LogP contribution in [0.2, 0.25) is 0 Å². The van der Waals surface area contributed by atoms with Gasteiger partial charge in [-0.2, -0.15) is 0 Å². The third-order valence-corrected chi connectivity index (χ3v) is 3.44. The third kappa shape index (κ3) is 2.69. The van der Waals surface area contributed by atoms with Crippen molar-refractivity contribution in [1.29, 1.82) is 0 Å². The molecule has 2 heterocycles. The van der Waals surface area contributed by atoms with Crippen molar-refractivity contribution >= 4 is 5.91 Å². The zero-order chi connectivity index (χ0) is 12.3. The van der Waals surface area contributed by atoms with Crippen molar-refractivity contribution in [2.75, 3.05) is 19.6 Å². The highest BCUT2D eigenvalue weighted by atomic mass is 16.3. The predicted molar refractivity (Wildman–Crippen MR) is 66.0 cm³/mol. The Morgan fingerprint density at radius 3 is 3.12 bits per heavy atom. The van der Waals surface area contributed by atoms with Gasteiger partial charge in [-0.1, -0.05) is 13.8 Å². The Bertz CT molecular complexity index is 392. The molecule has 1 amide bonds. The van der Waals surface area contributed by atoms with Gasteiger partial charge in [-0.05, 0) is 24.4 Å². The predicted octanol–water partition coefficient (Wildman–Crippen LogP) is 1.57. The number of nitrogens with one attached hydrogen (secondary N) is 2. The summed E-state index contributed by atoms with van der Waals surface area (Å²) >= 11 is 0. The molecule has 1 aliphatic rings. The number of hydrogen-bond acceptors (Lipinski definition) is 3. The average Bonchev–Trinajstić information content (AvgIpc) is 2.95. The normalized spacial score (nSPS) is 23.9. The number of carbonyl (C=O) groups is 1. The number of hydrogen-bond donors (Lipinski definition) is 2. The molecule has 2 rings (SSSR count). The summed E-state index contributed by atoms with van der Waals surface area (Å²) in [4.78, 5) is 12.0. The zero-order valence-corrected chi connectivity index (χ0v) is 10.5. The van der Waals surface area contributed by atoms with Gasteiger partial charge < -0.3 is 15.1 Å². The number of rotatable bonds is 4. The molecule has 0 spiro atoms. The summed E-state index contributed by atoms with van der Waals surface area (Å²) in [6.45, 7) is 6.91. The quantitative estimate of drug-likeness (QED) is 0.834. The summed E-state index contributed by atoms with van der Waals surface area (Å²) in [5, 5.41) is 6.33. The maximum atomic E-state index is 12.0. The monoisotopic (exact) mass is 236 g/mol. The summed E-state index contributed by atoms with van der Waals surface area (Å²) in [5.41, 5.74) is 0.855. The van der Waals surface area contributed by atoms with Crippen molar-refractivity contribution in [3.63, 3.8) is 0 Å². The molecule has 0 aliphatic carbocycles. The molecule has 94 valence electrons. The molecule has 1 aromatic rings. The van der Waals surface area contributed by atoms with Crippen molar-refractivity contribution < 1.29 is 9.21 Å². The molecule has 1 saturated heterocycles. The van der Waals surface area contributed by atoms with Crippen molar-refractivity contribution in [2.45, 2.75) is 26.7 Å². The lowest BCUT2D eigenvalue weighted by molar-refractivity contribution is 0.0935. The average molecular weight is 236 g/mol. The molecular weight excluding hydrogens is 216 g/mol. The largest absolute Gasteiger partial charge is 0.469 e. The van der Waals surface area contributed by atoms with Gasteiger partial charge in [-0.15, -0.1) is 0 Å². The molecule has 4 heteroatoms. The molecule has 0 saturated carbocycles. The van der Waals surface area contributed by atoms with E-state index in [1.165, 1.54) is 0 Å². The van der Waals surface area contributed by atoms with E-state index in [1.54, 1.807) is 12.3 Å². The Morgan fingerprint density at radius 1 is 1.65 bits per heavy atom. The van der Waals surface area contributed by atoms with E-state index in [4.69, 9.17) is 4.42 Å². The lowest BCUT2D eigenvalue weighted by Gasteiger charge is -2.22. The van der Waals surface area contributed by atoms with Crippen LogP contribution in [0.4, 0.5) is 0 Å². The Labute approximate surface area is 102 Å². The molecule has 1 unspecified atom stereocenters. The zero-order valence-electron chi connectivity index (χ0n) is 10.5. The topological polar surface area (TPSA) is 54.3 Å². The van der Waals surface area contributed by atoms with Gasteiger partial charge in [0.25, 0.3) is 5.91 Å². The van der Waals surface area contributed by atoms with Crippen LogP contribution in [0.15, 0.2) is 16.7 Å². The second-order valence-electron chi connectivity index (χ2n) is 5.03. The second-order valence-corrected chi connectivity index (χ2v) is 5.03. The minimum absolute atomic E-state index is 0.0243. The minimum Gasteiger partial charge on any atom is -0.469 e. The Kier molecular flexibility index (Phi) is 3.52. The van der Waals surface area contributed by atoms with Gasteiger partial charge in [0.2, 0.25) is 0 Å². The van der Waals surface area contributed by atoms with Crippen LogP contribution in [0.5, 0.6) is 0 Å². The summed E-state index contributed by atoms with van der Waals surface area (Å²) in [6, 6.07) is 1.74. The fourth-order valence-corrected chi connectivity index (χ4v) is 2.23. The minimum atomic E-state index is -0.0243.